The Morgan fingerprint density at radius 1 is 0.853 bits per heavy atom. The molecule has 4 heteroatoms. The number of hydrogen-bond acceptors (Lipinski definition) is 4. The van der Waals surface area contributed by atoms with Crippen molar-refractivity contribution in [2.24, 2.45) is 0 Å². The third-order valence-corrected chi connectivity index (χ3v) is 7.22. The van der Waals surface area contributed by atoms with Crippen molar-refractivity contribution in [2.75, 3.05) is 20.3 Å². The van der Waals surface area contributed by atoms with E-state index in [2.05, 4.69) is 6.92 Å². The van der Waals surface area contributed by atoms with Crippen molar-refractivity contribution in [1.29, 1.82) is 0 Å². The topological polar surface area (TPSA) is 55.8 Å². The second-order valence-corrected chi connectivity index (χ2v) is 10.0. The summed E-state index contributed by atoms with van der Waals surface area (Å²) in [7, 11) is 1.67. The molecule has 1 unspecified atom stereocenters. The highest BCUT2D eigenvalue weighted by atomic mass is 16.5. The maximum atomic E-state index is 12.4. The molecule has 1 aromatic carbocycles. The normalized spacial score (nSPS) is 15.7. The molecule has 4 nitrogen and oxygen atoms in total. The maximum Gasteiger partial charge on any atom is 0.161 e. The molecule has 1 fully saturated rings. The van der Waals surface area contributed by atoms with Crippen LogP contribution in [0.3, 0.4) is 0 Å². The third kappa shape index (κ3) is 10.4. The van der Waals surface area contributed by atoms with Gasteiger partial charge >= 0.3 is 0 Å². The fourth-order valence-electron chi connectivity index (χ4n) is 5.15. The fraction of sp³-hybridized carbons (Fsp3) is 0.767. The summed E-state index contributed by atoms with van der Waals surface area (Å²) < 4.78 is 11.7. The Balaban J connectivity index is 1.70. The van der Waals surface area contributed by atoms with Gasteiger partial charge in [0, 0.05) is 18.9 Å². The number of Topliss-reactive ketones (excluding diaryl/α,β-unsaturated/α-hetero) is 1. The number of benzene rings is 1. The number of rotatable bonds is 20. The molecule has 1 aliphatic rings. The Morgan fingerprint density at radius 2 is 1.47 bits per heavy atom. The van der Waals surface area contributed by atoms with E-state index in [-0.39, 0.29) is 12.5 Å². The lowest BCUT2D eigenvalue weighted by Gasteiger charge is -2.19. The molecular weight excluding hydrogens is 424 g/mol. The van der Waals surface area contributed by atoms with Crippen LogP contribution in [0.1, 0.15) is 133 Å². The zero-order valence-corrected chi connectivity index (χ0v) is 22.0. The SMILES string of the molecule is CCCCCCCCCCCCCCCOc1cc(C2CCCC2=O)c(CCCO)cc1OC. The molecule has 1 N–H and O–H groups in total. The lowest BCUT2D eigenvalue weighted by molar-refractivity contribution is -0.118. The zero-order chi connectivity index (χ0) is 24.4. The number of aryl methyl sites for hydroxylation is 1. The average molecular weight is 475 g/mol. The van der Waals surface area contributed by atoms with E-state index in [1.807, 2.05) is 12.1 Å². The van der Waals surface area contributed by atoms with Gasteiger partial charge in [-0.2, -0.15) is 0 Å². The van der Waals surface area contributed by atoms with Crippen molar-refractivity contribution in [3.05, 3.63) is 23.3 Å². The molecule has 0 amide bonds. The summed E-state index contributed by atoms with van der Waals surface area (Å²) in [6.07, 6.45) is 21.4. The molecule has 0 bridgehead atoms. The number of ketones is 1. The summed E-state index contributed by atoms with van der Waals surface area (Å²) in [6, 6.07) is 4.07. The van der Waals surface area contributed by atoms with E-state index in [0.717, 1.165) is 48.3 Å². The standard InChI is InChI=1S/C30H50O4/c1-3-4-5-6-7-8-9-10-11-12-13-14-15-22-34-30-24-27(26-19-16-20-28(26)32)25(18-17-21-31)23-29(30)33-2/h23-24,26,31H,3-22H2,1-2H3. The van der Waals surface area contributed by atoms with Crippen LogP contribution in [-0.2, 0) is 11.2 Å². The molecule has 0 aliphatic heterocycles. The molecule has 1 atom stereocenters. The van der Waals surface area contributed by atoms with Crippen molar-refractivity contribution < 1.29 is 19.4 Å². The van der Waals surface area contributed by atoms with Crippen LogP contribution in [0, 0.1) is 0 Å². The Bertz CT molecular complexity index is 685. The summed E-state index contributed by atoms with van der Waals surface area (Å²) in [5, 5.41) is 9.29. The van der Waals surface area contributed by atoms with Crippen LogP contribution >= 0.6 is 0 Å². The van der Waals surface area contributed by atoms with Crippen LogP contribution in [0.2, 0.25) is 0 Å². The van der Waals surface area contributed by atoms with Gasteiger partial charge in [-0.1, -0.05) is 84.0 Å². The van der Waals surface area contributed by atoms with Crippen molar-refractivity contribution in [3.8, 4) is 11.5 Å². The van der Waals surface area contributed by atoms with E-state index in [1.54, 1.807) is 7.11 Å². The largest absolute Gasteiger partial charge is 0.493 e. The van der Waals surface area contributed by atoms with Gasteiger partial charge < -0.3 is 14.6 Å². The second-order valence-electron chi connectivity index (χ2n) is 10.0. The number of methoxy groups -OCH3 is 1. The first-order valence-electron chi connectivity index (χ1n) is 14.2. The molecule has 1 aromatic rings. The number of aliphatic hydroxyl groups excluding tert-OH is 1. The van der Waals surface area contributed by atoms with Crippen LogP contribution < -0.4 is 9.47 Å². The lowest BCUT2D eigenvalue weighted by atomic mass is 9.89. The Labute approximate surface area is 208 Å². The molecule has 34 heavy (non-hydrogen) atoms. The molecule has 1 saturated carbocycles. The van der Waals surface area contributed by atoms with E-state index < -0.39 is 0 Å². The number of unbranched alkanes of at least 4 members (excludes halogenated alkanes) is 12. The van der Waals surface area contributed by atoms with Crippen molar-refractivity contribution >= 4 is 5.78 Å². The van der Waals surface area contributed by atoms with Gasteiger partial charge in [0.1, 0.15) is 5.78 Å². The highest BCUT2D eigenvalue weighted by Gasteiger charge is 2.29. The van der Waals surface area contributed by atoms with E-state index in [4.69, 9.17) is 9.47 Å². The van der Waals surface area contributed by atoms with Crippen LogP contribution in [0.4, 0.5) is 0 Å². The monoisotopic (exact) mass is 474 g/mol. The molecule has 1 aliphatic carbocycles. The zero-order valence-electron chi connectivity index (χ0n) is 22.0. The molecule has 2 rings (SSSR count). The first-order valence-corrected chi connectivity index (χ1v) is 14.2. The van der Waals surface area contributed by atoms with Crippen LogP contribution in [-0.4, -0.2) is 31.2 Å². The molecule has 0 aromatic heterocycles. The van der Waals surface area contributed by atoms with Gasteiger partial charge in [0.2, 0.25) is 0 Å². The second kappa shape index (κ2) is 17.8. The van der Waals surface area contributed by atoms with Gasteiger partial charge in [-0.05, 0) is 55.4 Å². The van der Waals surface area contributed by atoms with Gasteiger partial charge in [0.15, 0.2) is 11.5 Å². The van der Waals surface area contributed by atoms with Gasteiger partial charge in [0.05, 0.1) is 13.7 Å². The summed E-state index contributed by atoms with van der Waals surface area (Å²) in [5.41, 5.74) is 2.19. The van der Waals surface area contributed by atoms with Gasteiger partial charge in [0.25, 0.3) is 0 Å². The molecule has 0 radical (unpaired) electrons. The summed E-state index contributed by atoms with van der Waals surface area (Å²) >= 11 is 0. The first kappa shape index (κ1) is 28.7. The van der Waals surface area contributed by atoms with Gasteiger partial charge in [-0.15, -0.1) is 0 Å². The number of hydrogen-bond donors (Lipinski definition) is 1. The molecular formula is C30H50O4. The van der Waals surface area contributed by atoms with Gasteiger partial charge in [-0.3, -0.25) is 4.79 Å². The minimum Gasteiger partial charge on any atom is -0.493 e. The quantitative estimate of drug-likeness (QED) is 0.195. The Kier molecular flexibility index (Phi) is 15.0. The smallest absolute Gasteiger partial charge is 0.161 e. The highest BCUT2D eigenvalue weighted by Crippen LogP contribution is 2.39. The minimum atomic E-state index is -0.0294. The van der Waals surface area contributed by atoms with Crippen molar-refractivity contribution in [2.45, 2.75) is 128 Å². The molecule has 0 heterocycles. The summed E-state index contributed by atoms with van der Waals surface area (Å²) in [4.78, 5) is 12.4. The molecule has 0 spiro atoms. The molecule has 0 saturated heterocycles. The van der Waals surface area contributed by atoms with E-state index >= 15 is 0 Å². The Morgan fingerprint density at radius 3 is 2.00 bits per heavy atom. The Hall–Kier alpha value is -1.55. The fourth-order valence-corrected chi connectivity index (χ4v) is 5.15. The predicted molar refractivity (Wildman–Crippen MR) is 141 cm³/mol. The summed E-state index contributed by atoms with van der Waals surface area (Å²) in [5.74, 6) is 1.79. The number of carbonyl (C=O) groups is 1. The minimum absolute atomic E-state index is 0.0294. The van der Waals surface area contributed by atoms with E-state index in [1.165, 1.54) is 77.0 Å². The first-order chi connectivity index (χ1) is 16.7. The average Bonchev–Trinajstić information content (AvgIpc) is 3.28. The van der Waals surface area contributed by atoms with Gasteiger partial charge in [-0.25, -0.2) is 0 Å². The maximum absolute atomic E-state index is 12.4. The summed E-state index contributed by atoms with van der Waals surface area (Å²) in [6.45, 7) is 3.11. The number of ether oxygens (including phenoxy) is 2. The van der Waals surface area contributed by atoms with Crippen LogP contribution in [0.5, 0.6) is 11.5 Å². The lowest BCUT2D eigenvalue weighted by Crippen LogP contribution is -2.10. The number of aliphatic hydroxyl groups is 1. The highest BCUT2D eigenvalue weighted by molar-refractivity contribution is 5.88. The van der Waals surface area contributed by atoms with Crippen LogP contribution in [0.25, 0.3) is 0 Å². The van der Waals surface area contributed by atoms with E-state index in [9.17, 15) is 9.90 Å². The van der Waals surface area contributed by atoms with Crippen LogP contribution in [0.15, 0.2) is 12.1 Å². The van der Waals surface area contributed by atoms with Crippen molar-refractivity contribution in [1.82, 2.24) is 0 Å². The van der Waals surface area contributed by atoms with E-state index in [0.29, 0.717) is 25.2 Å². The predicted octanol–water partition coefficient (Wildman–Crippen LogP) is 7.93. The number of carbonyl (C=O) groups excluding carboxylic acids is 1. The molecule has 194 valence electrons. The third-order valence-electron chi connectivity index (χ3n) is 7.22. The van der Waals surface area contributed by atoms with Crippen molar-refractivity contribution in [3.63, 3.8) is 0 Å².